The van der Waals surface area contributed by atoms with E-state index >= 15 is 0 Å². The predicted octanol–water partition coefficient (Wildman–Crippen LogP) is 1.79. The van der Waals surface area contributed by atoms with Crippen molar-refractivity contribution in [3.8, 4) is 0 Å². The molecule has 0 bridgehead atoms. The highest BCUT2D eigenvalue weighted by Crippen LogP contribution is 2.20. The zero-order valence-corrected chi connectivity index (χ0v) is 15.9. The molecule has 2 amide bonds. The van der Waals surface area contributed by atoms with Crippen molar-refractivity contribution in [2.24, 2.45) is 5.73 Å². The van der Waals surface area contributed by atoms with E-state index in [2.05, 4.69) is 30.8 Å². The molecule has 148 valence electrons. The zero-order chi connectivity index (χ0) is 19.9. The minimum atomic E-state index is -0.581. The van der Waals surface area contributed by atoms with E-state index in [9.17, 15) is 9.59 Å². The number of benzene rings is 1. The Balaban J connectivity index is 1.70. The third kappa shape index (κ3) is 5.40. The number of rotatable bonds is 8. The lowest BCUT2D eigenvalue weighted by Gasteiger charge is -2.16. The fourth-order valence-corrected chi connectivity index (χ4v) is 3.10. The number of likely N-dealkylation sites (tertiary alicyclic amines) is 1. The Morgan fingerprint density at radius 1 is 1.21 bits per heavy atom. The van der Waals surface area contributed by atoms with Crippen LogP contribution in [0.3, 0.4) is 0 Å². The van der Waals surface area contributed by atoms with Crippen LogP contribution in [0.2, 0.25) is 0 Å². The second-order valence-electron chi connectivity index (χ2n) is 6.68. The molecule has 1 saturated heterocycles. The molecule has 0 unspecified atom stereocenters. The van der Waals surface area contributed by atoms with Gasteiger partial charge in [0.25, 0.3) is 5.91 Å². The van der Waals surface area contributed by atoms with Gasteiger partial charge < -0.3 is 26.6 Å². The van der Waals surface area contributed by atoms with Gasteiger partial charge in [-0.15, -0.1) is 0 Å². The highest BCUT2D eigenvalue weighted by Gasteiger charge is 2.14. The lowest BCUT2D eigenvalue weighted by molar-refractivity contribution is -0.114. The first-order valence-corrected chi connectivity index (χ1v) is 9.29. The molecule has 2 aromatic rings. The van der Waals surface area contributed by atoms with Crippen LogP contribution in [0.1, 0.15) is 30.1 Å². The molecule has 0 spiro atoms. The molecular formula is C19H25N7O2. The van der Waals surface area contributed by atoms with Gasteiger partial charge >= 0.3 is 0 Å². The van der Waals surface area contributed by atoms with Crippen LogP contribution >= 0.6 is 0 Å². The number of primary amides is 1. The smallest absolute Gasteiger partial charge is 0.254 e. The average Bonchev–Trinajstić information content (AvgIpc) is 3.15. The molecule has 0 aliphatic carbocycles. The minimum absolute atomic E-state index is 0.149. The van der Waals surface area contributed by atoms with E-state index in [1.165, 1.54) is 26.0 Å². The Labute approximate surface area is 163 Å². The minimum Gasteiger partial charge on any atom is -0.368 e. The van der Waals surface area contributed by atoms with Gasteiger partial charge in [0.15, 0.2) is 0 Å². The van der Waals surface area contributed by atoms with Crippen molar-refractivity contribution in [1.82, 2.24) is 14.9 Å². The first-order valence-electron chi connectivity index (χ1n) is 9.29. The molecule has 1 aromatic carbocycles. The molecule has 3 rings (SSSR count). The largest absolute Gasteiger partial charge is 0.368 e. The van der Waals surface area contributed by atoms with Crippen LogP contribution in [0.25, 0.3) is 0 Å². The van der Waals surface area contributed by atoms with E-state index in [-0.39, 0.29) is 11.5 Å². The topological polar surface area (TPSA) is 125 Å². The highest BCUT2D eigenvalue weighted by atomic mass is 16.1. The van der Waals surface area contributed by atoms with Gasteiger partial charge in [0.05, 0.1) is 5.56 Å². The quantitative estimate of drug-likeness (QED) is 0.547. The van der Waals surface area contributed by atoms with Crippen molar-refractivity contribution in [2.45, 2.75) is 19.8 Å². The summed E-state index contributed by atoms with van der Waals surface area (Å²) in [5.41, 5.74) is 7.07. The highest BCUT2D eigenvalue weighted by molar-refractivity contribution is 5.97. The first-order chi connectivity index (χ1) is 13.5. The third-order valence-electron chi connectivity index (χ3n) is 4.41. The van der Waals surface area contributed by atoms with Crippen molar-refractivity contribution in [1.29, 1.82) is 0 Å². The summed E-state index contributed by atoms with van der Waals surface area (Å²) in [5.74, 6) is 0.00226. The lowest BCUT2D eigenvalue weighted by atomic mass is 10.2. The van der Waals surface area contributed by atoms with Crippen molar-refractivity contribution in [2.75, 3.05) is 42.1 Å². The van der Waals surface area contributed by atoms with E-state index in [1.54, 1.807) is 18.2 Å². The number of aromatic nitrogens is 2. The molecular weight excluding hydrogens is 358 g/mol. The Morgan fingerprint density at radius 3 is 2.68 bits per heavy atom. The van der Waals surface area contributed by atoms with Gasteiger partial charge in [-0.05, 0) is 44.1 Å². The summed E-state index contributed by atoms with van der Waals surface area (Å²) in [6.45, 7) is 5.20. The number of hydrogen-bond donors (Lipinski definition) is 4. The van der Waals surface area contributed by atoms with Crippen LogP contribution in [-0.4, -0.2) is 52.9 Å². The summed E-state index contributed by atoms with van der Waals surface area (Å²) in [6, 6.07) is 7.19. The molecule has 0 saturated carbocycles. The monoisotopic (exact) mass is 383 g/mol. The van der Waals surface area contributed by atoms with Crippen LogP contribution in [-0.2, 0) is 4.79 Å². The maximum atomic E-state index is 11.7. The molecule has 9 nitrogen and oxygen atoms in total. The lowest BCUT2D eigenvalue weighted by Crippen LogP contribution is -2.27. The van der Waals surface area contributed by atoms with Gasteiger partial charge in [-0.2, -0.15) is 4.98 Å². The number of hydrogen-bond acceptors (Lipinski definition) is 7. The SMILES string of the molecule is CC(=O)Nc1cccc(Nc2ncc(C(N)=O)c(NCCN3CCCC3)n2)c1. The van der Waals surface area contributed by atoms with Gasteiger partial charge in [0.2, 0.25) is 11.9 Å². The fraction of sp³-hybridized carbons (Fsp3) is 0.368. The van der Waals surface area contributed by atoms with Gasteiger partial charge in [0.1, 0.15) is 5.82 Å². The number of carbonyl (C=O) groups is 2. The van der Waals surface area contributed by atoms with Crippen LogP contribution in [0.5, 0.6) is 0 Å². The third-order valence-corrected chi connectivity index (χ3v) is 4.41. The standard InChI is InChI=1S/C19H25N7O2/c1-13(27)23-14-5-4-6-15(11-14)24-19-22-12-16(17(20)28)18(25-19)21-7-10-26-8-2-3-9-26/h4-6,11-12H,2-3,7-10H2,1H3,(H2,20,28)(H,23,27)(H2,21,22,24,25). The number of carbonyl (C=O) groups excluding carboxylic acids is 2. The fourth-order valence-electron chi connectivity index (χ4n) is 3.10. The summed E-state index contributed by atoms with van der Waals surface area (Å²) in [4.78, 5) is 33.8. The average molecular weight is 383 g/mol. The van der Waals surface area contributed by atoms with Crippen LogP contribution in [0.4, 0.5) is 23.1 Å². The molecule has 5 N–H and O–H groups in total. The second kappa shape index (κ2) is 9.14. The first kappa shape index (κ1) is 19.6. The van der Waals surface area contributed by atoms with Crippen LogP contribution in [0.15, 0.2) is 30.5 Å². The van der Waals surface area contributed by atoms with Gasteiger partial charge in [-0.1, -0.05) is 6.07 Å². The van der Waals surface area contributed by atoms with Crippen molar-refractivity contribution < 1.29 is 9.59 Å². The molecule has 0 atom stereocenters. The van der Waals surface area contributed by atoms with E-state index in [0.717, 1.165) is 19.6 Å². The zero-order valence-electron chi connectivity index (χ0n) is 15.9. The molecule has 0 radical (unpaired) electrons. The number of nitrogens with two attached hydrogens (primary N) is 1. The van der Waals surface area contributed by atoms with E-state index in [4.69, 9.17) is 5.73 Å². The maximum absolute atomic E-state index is 11.7. The molecule has 2 heterocycles. The molecule has 1 aromatic heterocycles. The summed E-state index contributed by atoms with van der Waals surface area (Å²) in [5, 5.41) is 9.00. The van der Waals surface area contributed by atoms with Crippen LogP contribution in [0, 0.1) is 0 Å². The van der Waals surface area contributed by atoms with Crippen molar-refractivity contribution in [3.05, 3.63) is 36.0 Å². The molecule has 28 heavy (non-hydrogen) atoms. The van der Waals surface area contributed by atoms with E-state index in [0.29, 0.717) is 29.7 Å². The van der Waals surface area contributed by atoms with E-state index in [1.807, 2.05) is 6.07 Å². The van der Waals surface area contributed by atoms with Gasteiger partial charge in [-0.25, -0.2) is 4.98 Å². The maximum Gasteiger partial charge on any atom is 0.254 e. The number of nitrogens with one attached hydrogen (secondary N) is 3. The van der Waals surface area contributed by atoms with Gasteiger partial charge in [0, 0.05) is 37.6 Å². The normalized spacial score (nSPS) is 13.9. The number of nitrogens with zero attached hydrogens (tertiary/aromatic N) is 3. The van der Waals surface area contributed by atoms with E-state index < -0.39 is 5.91 Å². The van der Waals surface area contributed by atoms with Crippen LogP contribution < -0.4 is 21.7 Å². The molecule has 1 fully saturated rings. The molecule has 1 aliphatic heterocycles. The Morgan fingerprint density at radius 2 is 1.96 bits per heavy atom. The van der Waals surface area contributed by atoms with Crippen molar-refractivity contribution >= 4 is 35.0 Å². The Bertz CT molecular complexity index is 850. The molecule has 9 heteroatoms. The Hall–Kier alpha value is -3.20. The predicted molar refractivity (Wildman–Crippen MR) is 109 cm³/mol. The number of anilines is 4. The summed E-state index contributed by atoms with van der Waals surface area (Å²) < 4.78 is 0. The van der Waals surface area contributed by atoms with Gasteiger partial charge in [-0.3, -0.25) is 9.59 Å². The van der Waals surface area contributed by atoms with Crippen molar-refractivity contribution in [3.63, 3.8) is 0 Å². The number of amides is 2. The Kier molecular flexibility index (Phi) is 6.38. The molecule has 1 aliphatic rings. The summed E-state index contributed by atoms with van der Waals surface area (Å²) in [6.07, 6.45) is 3.87. The summed E-state index contributed by atoms with van der Waals surface area (Å²) >= 11 is 0. The summed E-state index contributed by atoms with van der Waals surface area (Å²) in [7, 11) is 0. The second-order valence-corrected chi connectivity index (χ2v) is 6.68.